The van der Waals surface area contributed by atoms with Gasteiger partial charge >= 0.3 is 5.97 Å². The first-order valence-electron chi connectivity index (χ1n) is 6.48. The lowest BCUT2D eigenvalue weighted by molar-refractivity contribution is -0.154. The van der Waals surface area contributed by atoms with Crippen LogP contribution in [0.1, 0.15) is 45.7 Å². The van der Waals surface area contributed by atoms with Crippen molar-refractivity contribution in [1.29, 1.82) is 0 Å². The normalized spacial score (nSPS) is 13.1. The summed E-state index contributed by atoms with van der Waals surface area (Å²) in [5.74, 6) is -0.182. The smallest absolute Gasteiger partial charge is 0.307 e. The van der Waals surface area contributed by atoms with E-state index >= 15 is 0 Å². The summed E-state index contributed by atoms with van der Waals surface area (Å²) in [5, 5.41) is 4.00. The van der Waals surface area contributed by atoms with Gasteiger partial charge in [-0.15, -0.1) is 0 Å². The van der Waals surface area contributed by atoms with Crippen LogP contribution in [0.3, 0.4) is 0 Å². The van der Waals surface area contributed by atoms with Gasteiger partial charge in [0.1, 0.15) is 5.60 Å². The summed E-state index contributed by atoms with van der Waals surface area (Å²) in [6.07, 6.45) is 0.363. The minimum absolute atomic E-state index is 0.154. The molecule has 0 aliphatic heterocycles. The van der Waals surface area contributed by atoms with Gasteiger partial charge in [0, 0.05) is 17.6 Å². The Kier molecular flexibility index (Phi) is 5.83. The molecule has 19 heavy (non-hydrogen) atoms. The second-order valence-electron chi connectivity index (χ2n) is 5.57. The van der Waals surface area contributed by atoms with Crippen molar-refractivity contribution in [3.05, 3.63) is 34.9 Å². The third-order valence-corrected chi connectivity index (χ3v) is 2.78. The van der Waals surface area contributed by atoms with Gasteiger partial charge in [-0.05, 0) is 45.4 Å². The number of hydrogen-bond acceptors (Lipinski definition) is 3. The fourth-order valence-electron chi connectivity index (χ4n) is 1.68. The van der Waals surface area contributed by atoms with Crippen molar-refractivity contribution in [3.63, 3.8) is 0 Å². The van der Waals surface area contributed by atoms with Gasteiger partial charge in [-0.1, -0.05) is 23.7 Å². The predicted octanol–water partition coefficient (Wildman–Crippen LogP) is 3.72. The predicted molar refractivity (Wildman–Crippen MR) is 78.3 cm³/mol. The van der Waals surface area contributed by atoms with Crippen LogP contribution in [0.15, 0.2) is 24.3 Å². The van der Waals surface area contributed by atoms with Crippen LogP contribution in [0.25, 0.3) is 0 Å². The van der Waals surface area contributed by atoms with E-state index < -0.39 is 5.60 Å². The van der Waals surface area contributed by atoms with Gasteiger partial charge < -0.3 is 10.1 Å². The van der Waals surface area contributed by atoms with Crippen molar-refractivity contribution in [3.8, 4) is 0 Å². The number of halogens is 1. The minimum atomic E-state index is -0.421. The Morgan fingerprint density at radius 3 is 2.68 bits per heavy atom. The van der Waals surface area contributed by atoms with E-state index in [1.807, 2.05) is 52.0 Å². The molecule has 0 saturated carbocycles. The Labute approximate surface area is 120 Å². The average molecular weight is 284 g/mol. The largest absolute Gasteiger partial charge is 0.460 e. The maximum absolute atomic E-state index is 11.5. The monoisotopic (exact) mass is 283 g/mol. The third-order valence-electron chi connectivity index (χ3n) is 2.55. The first-order chi connectivity index (χ1) is 8.78. The van der Waals surface area contributed by atoms with E-state index in [1.165, 1.54) is 0 Å². The van der Waals surface area contributed by atoms with E-state index in [-0.39, 0.29) is 12.0 Å². The third kappa shape index (κ3) is 6.60. The maximum atomic E-state index is 11.5. The van der Waals surface area contributed by atoms with Gasteiger partial charge in [0.05, 0.1) is 6.42 Å². The van der Waals surface area contributed by atoms with Crippen LogP contribution >= 0.6 is 11.6 Å². The number of rotatable bonds is 5. The van der Waals surface area contributed by atoms with Gasteiger partial charge in [0.2, 0.25) is 0 Å². The summed E-state index contributed by atoms with van der Waals surface area (Å²) in [6.45, 7) is 8.23. The van der Waals surface area contributed by atoms with Gasteiger partial charge in [-0.2, -0.15) is 0 Å². The minimum Gasteiger partial charge on any atom is -0.460 e. The van der Waals surface area contributed by atoms with E-state index in [1.54, 1.807) is 0 Å². The zero-order chi connectivity index (χ0) is 14.5. The van der Waals surface area contributed by atoms with E-state index in [9.17, 15) is 4.79 Å². The number of hydrogen-bond donors (Lipinski definition) is 1. The summed E-state index contributed by atoms with van der Waals surface area (Å²) in [4.78, 5) is 11.5. The second-order valence-corrected chi connectivity index (χ2v) is 6.00. The van der Waals surface area contributed by atoms with Crippen LogP contribution in [0.2, 0.25) is 5.02 Å². The zero-order valence-electron chi connectivity index (χ0n) is 12.0. The van der Waals surface area contributed by atoms with Gasteiger partial charge in [-0.25, -0.2) is 0 Å². The lowest BCUT2D eigenvalue weighted by Crippen LogP contribution is -2.27. The first-order valence-corrected chi connectivity index (χ1v) is 6.86. The van der Waals surface area contributed by atoms with Crippen LogP contribution in [0.4, 0.5) is 0 Å². The lowest BCUT2D eigenvalue weighted by Gasteiger charge is -2.20. The molecule has 1 N–H and O–H groups in total. The van der Waals surface area contributed by atoms with Crippen molar-refractivity contribution in [1.82, 2.24) is 5.32 Å². The first kappa shape index (κ1) is 16.0. The topological polar surface area (TPSA) is 38.3 Å². The average Bonchev–Trinajstić information content (AvgIpc) is 2.26. The highest BCUT2D eigenvalue weighted by Gasteiger charge is 2.16. The molecule has 0 aliphatic carbocycles. The summed E-state index contributed by atoms with van der Waals surface area (Å²) < 4.78 is 5.24. The molecular weight excluding hydrogens is 262 g/mol. The summed E-state index contributed by atoms with van der Waals surface area (Å²) in [7, 11) is 0. The molecule has 1 aromatic rings. The molecule has 0 spiro atoms. The number of carbonyl (C=O) groups excluding carboxylic acids is 1. The number of carbonyl (C=O) groups is 1. The van der Waals surface area contributed by atoms with Crippen molar-refractivity contribution < 1.29 is 9.53 Å². The number of nitrogens with one attached hydrogen (secondary N) is 1. The Morgan fingerprint density at radius 1 is 1.42 bits per heavy atom. The summed E-state index contributed by atoms with van der Waals surface area (Å²) in [5.41, 5.74) is 0.687. The molecule has 1 rings (SSSR count). The quantitative estimate of drug-likeness (QED) is 0.837. The molecule has 0 heterocycles. The van der Waals surface area contributed by atoms with Crippen LogP contribution in [0, 0.1) is 0 Å². The molecule has 106 valence electrons. The molecular formula is C15H22ClNO2. The molecule has 1 aromatic carbocycles. The number of esters is 1. The highest BCUT2D eigenvalue weighted by molar-refractivity contribution is 6.30. The van der Waals surface area contributed by atoms with Crippen LogP contribution in [0.5, 0.6) is 0 Å². The standard InChI is InChI=1S/C15H22ClNO2/c1-11(12-6-5-7-13(16)10-12)17-9-8-14(18)19-15(2,3)4/h5-7,10-11,17H,8-9H2,1-4H3/t11-/m1/s1. The van der Waals surface area contributed by atoms with Gasteiger partial charge in [0.15, 0.2) is 0 Å². The fraction of sp³-hybridized carbons (Fsp3) is 0.533. The van der Waals surface area contributed by atoms with Crippen molar-refractivity contribution in [2.45, 2.75) is 45.8 Å². The Balaban J connectivity index is 2.35. The van der Waals surface area contributed by atoms with Crippen molar-refractivity contribution in [2.24, 2.45) is 0 Å². The van der Waals surface area contributed by atoms with Crippen LogP contribution < -0.4 is 5.32 Å². The number of benzene rings is 1. The molecule has 4 heteroatoms. The molecule has 0 saturated heterocycles. The molecule has 0 bridgehead atoms. The molecule has 0 fully saturated rings. The zero-order valence-corrected chi connectivity index (χ0v) is 12.8. The SMILES string of the molecule is C[C@@H](NCCC(=O)OC(C)(C)C)c1cccc(Cl)c1. The van der Waals surface area contributed by atoms with E-state index in [0.29, 0.717) is 13.0 Å². The summed E-state index contributed by atoms with van der Waals surface area (Å²) in [6, 6.07) is 7.85. The molecule has 0 radical (unpaired) electrons. The number of ether oxygens (including phenoxy) is 1. The van der Waals surface area contributed by atoms with E-state index in [0.717, 1.165) is 10.6 Å². The summed E-state index contributed by atoms with van der Waals surface area (Å²) >= 11 is 5.94. The Bertz CT molecular complexity index is 426. The molecule has 0 aliphatic rings. The van der Waals surface area contributed by atoms with Crippen molar-refractivity contribution >= 4 is 17.6 Å². The highest BCUT2D eigenvalue weighted by atomic mass is 35.5. The van der Waals surface area contributed by atoms with Crippen molar-refractivity contribution in [2.75, 3.05) is 6.54 Å². The molecule has 0 unspecified atom stereocenters. The fourth-order valence-corrected chi connectivity index (χ4v) is 1.88. The molecule has 0 aromatic heterocycles. The Morgan fingerprint density at radius 2 is 2.11 bits per heavy atom. The molecule has 3 nitrogen and oxygen atoms in total. The highest BCUT2D eigenvalue weighted by Crippen LogP contribution is 2.17. The maximum Gasteiger partial charge on any atom is 0.307 e. The Hall–Kier alpha value is -1.06. The second kappa shape index (κ2) is 6.92. The van der Waals surface area contributed by atoms with Crippen LogP contribution in [-0.2, 0) is 9.53 Å². The van der Waals surface area contributed by atoms with Crippen LogP contribution in [-0.4, -0.2) is 18.1 Å². The van der Waals surface area contributed by atoms with Gasteiger partial charge in [-0.3, -0.25) is 4.79 Å². The van der Waals surface area contributed by atoms with E-state index in [4.69, 9.17) is 16.3 Å². The lowest BCUT2D eigenvalue weighted by atomic mass is 10.1. The van der Waals surface area contributed by atoms with Gasteiger partial charge in [0.25, 0.3) is 0 Å². The molecule has 1 atom stereocenters. The molecule has 0 amide bonds. The van der Waals surface area contributed by atoms with E-state index in [2.05, 4.69) is 5.32 Å².